The molecule has 0 N–H and O–H groups in total. The van der Waals surface area contributed by atoms with E-state index in [2.05, 4.69) is 4.98 Å². The molecule has 64 valence electrons. The van der Waals surface area contributed by atoms with Gasteiger partial charge >= 0.3 is 0 Å². The van der Waals surface area contributed by atoms with Crippen molar-refractivity contribution >= 4 is 0 Å². The van der Waals surface area contributed by atoms with Gasteiger partial charge in [-0.1, -0.05) is 0 Å². The Bertz CT molecular complexity index is 287. The number of hydrogen-bond acceptors (Lipinski definition) is 3. The first-order valence-corrected chi connectivity index (χ1v) is 3.76. The Morgan fingerprint density at radius 1 is 1.83 bits per heavy atom. The number of ether oxygens (including phenoxy) is 1. The van der Waals surface area contributed by atoms with Gasteiger partial charge in [-0.3, -0.25) is 0 Å². The summed E-state index contributed by atoms with van der Waals surface area (Å²) < 4.78 is 6.85. The van der Waals surface area contributed by atoms with Crippen LogP contribution < -0.4 is 0 Å². The van der Waals surface area contributed by atoms with Crippen LogP contribution in [-0.4, -0.2) is 16.7 Å². The minimum atomic E-state index is -0.507. The molecule has 4 nitrogen and oxygen atoms in total. The lowest BCUT2D eigenvalue weighted by molar-refractivity contribution is 0.142. The van der Waals surface area contributed by atoms with E-state index in [4.69, 9.17) is 10.00 Å². The Balaban J connectivity index is 2.93. The molecule has 1 unspecified atom stereocenters. The molecule has 0 bridgehead atoms. The number of imidazole rings is 1. The highest BCUT2D eigenvalue weighted by Crippen LogP contribution is 2.14. The lowest BCUT2D eigenvalue weighted by Crippen LogP contribution is -2.06. The van der Waals surface area contributed by atoms with Crippen molar-refractivity contribution in [3.05, 3.63) is 18.2 Å². The summed E-state index contributed by atoms with van der Waals surface area (Å²) >= 11 is 0. The smallest absolute Gasteiger partial charge is 0.184 e. The maximum Gasteiger partial charge on any atom is 0.184 e. The Kier molecular flexibility index (Phi) is 2.83. The van der Waals surface area contributed by atoms with Gasteiger partial charge in [0.1, 0.15) is 6.07 Å². The molecule has 1 rings (SSSR count). The molecule has 0 fully saturated rings. The van der Waals surface area contributed by atoms with Crippen molar-refractivity contribution in [3.8, 4) is 6.07 Å². The Hall–Kier alpha value is -1.34. The van der Waals surface area contributed by atoms with E-state index in [-0.39, 0.29) is 0 Å². The van der Waals surface area contributed by atoms with Gasteiger partial charge in [0.05, 0.1) is 18.2 Å². The van der Waals surface area contributed by atoms with Gasteiger partial charge in [-0.2, -0.15) is 5.26 Å². The van der Waals surface area contributed by atoms with Gasteiger partial charge in [-0.05, 0) is 6.92 Å². The summed E-state index contributed by atoms with van der Waals surface area (Å²) in [4.78, 5) is 3.94. The maximum atomic E-state index is 8.70. The van der Waals surface area contributed by atoms with E-state index in [0.717, 1.165) is 12.2 Å². The maximum absolute atomic E-state index is 8.70. The Morgan fingerprint density at radius 2 is 2.58 bits per heavy atom. The highest BCUT2D eigenvalue weighted by Gasteiger charge is 2.12. The molecular weight excluding hydrogens is 154 g/mol. The van der Waals surface area contributed by atoms with Crippen molar-refractivity contribution in [2.24, 2.45) is 0 Å². The molecule has 1 aromatic rings. The van der Waals surface area contributed by atoms with E-state index in [1.165, 1.54) is 7.11 Å². The molecule has 0 aliphatic rings. The predicted molar refractivity (Wildman–Crippen MR) is 43.3 cm³/mol. The first kappa shape index (κ1) is 8.75. The van der Waals surface area contributed by atoms with Crippen molar-refractivity contribution in [3.63, 3.8) is 0 Å². The Labute approximate surface area is 71.4 Å². The van der Waals surface area contributed by atoms with Crippen LogP contribution in [0.4, 0.5) is 0 Å². The SMILES string of the molecule is CCn1cncc1C(C#N)OC. The highest BCUT2D eigenvalue weighted by molar-refractivity contribution is 5.10. The van der Waals surface area contributed by atoms with Crippen LogP contribution in [0.2, 0.25) is 0 Å². The fourth-order valence-corrected chi connectivity index (χ4v) is 1.05. The summed E-state index contributed by atoms with van der Waals surface area (Å²) in [5, 5.41) is 8.70. The minimum Gasteiger partial charge on any atom is -0.360 e. The normalized spacial score (nSPS) is 12.4. The molecule has 0 amide bonds. The topological polar surface area (TPSA) is 50.8 Å². The van der Waals surface area contributed by atoms with E-state index in [1.807, 2.05) is 17.6 Å². The van der Waals surface area contributed by atoms with Gasteiger partial charge in [-0.15, -0.1) is 0 Å². The van der Waals surface area contributed by atoms with Crippen LogP contribution in [0.25, 0.3) is 0 Å². The fraction of sp³-hybridized carbons (Fsp3) is 0.500. The van der Waals surface area contributed by atoms with E-state index >= 15 is 0 Å². The molecule has 0 saturated carbocycles. The number of aryl methyl sites for hydroxylation is 1. The lowest BCUT2D eigenvalue weighted by atomic mass is 10.3. The zero-order chi connectivity index (χ0) is 8.97. The van der Waals surface area contributed by atoms with E-state index < -0.39 is 6.10 Å². The quantitative estimate of drug-likeness (QED) is 0.674. The van der Waals surface area contributed by atoms with Crippen LogP contribution in [0.15, 0.2) is 12.5 Å². The zero-order valence-electron chi connectivity index (χ0n) is 7.19. The number of methoxy groups -OCH3 is 1. The van der Waals surface area contributed by atoms with E-state index in [9.17, 15) is 0 Å². The monoisotopic (exact) mass is 165 g/mol. The van der Waals surface area contributed by atoms with Crippen LogP contribution in [-0.2, 0) is 11.3 Å². The van der Waals surface area contributed by atoms with Gasteiger partial charge in [0.25, 0.3) is 0 Å². The van der Waals surface area contributed by atoms with E-state index in [1.54, 1.807) is 12.5 Å². The van der Waals surface area contributed by atoms with Crippen LogP contribution in [0.5, 0.6) is 0 Å². The van der Waals surface area contributed by atoms with Crippen LogP contribution in [0.1, 0.15) is 18.7 Å². The lowest BCUT2D eigenvalue weighted by Gasteiger charge is -2.08. The predicted octanol–water partition coefficient (Wildman–Crippen LogP) is 1.11. The van der Waals surface area contributed by atoms with Crippen molar-refractivity contribution in [2.75, 3.05) is 7.11 Å². The zero-order valence-corrected chi connectivity index (χ0v) is 7.19. The van der Waals surface area contributed by atoms with Gasteiger partial charge in [0.15, 0.2) is 6.10 Å². The second kappa shape index (κ2) is 3.88. The first-order chi connectivity index (χ1) is 5.83. The summed E-state index contributed by atoms with van der Waals surface area (Å²) in [5.41, 5.74) is 0.808. The molecule has 0 radical (unpaired) electrons. The summed E-state index contributed by atoms with van der Waals surface area (Å²) in [7, 11) is 1.51. The summed E-state index contributed by atoms with van der Waals surface area (Å²) in [5.74, 6) is 0. The third-order valence-corrected chi connectivity index (χ3v) is 1.71. The second-order valence-corrected chi connectivity index (χ2v) is 2.35. The standard InChI is InChI=1S/C8H11N3O/c1-3-11-6-10-5-7(11)8(4-9)12-2/h5-6,8H,3H2,1-2H3. The van der Waals surface area contributed by atoms with Gasteiger partial charge < -0.3 is 9.30 Å². The molecular formula is C8H11N3O. The van der Waals surface area contributed by atoms with Crippen molar-refractivity contribution in [1.29, 1.82) is 5.26 Å². The number of rotatable bonds is 3. The molecule has 1 aromatic heterocycles. The first-order valence-electron chi connectivity index (χ1n) is 3.76. The van der Waals surface area contributed by atoms with Gasteiger partial charge in [0.2, 0.25) is 0 Å². The Morgan fingerprint density at radius 3 is 3.08 bits per heavy atom. The van der Waals surface area contributed by atoms with Gasteiger partial charge in [0, 0.05) is 13.7 Å². The van der Waals surface area contributed by atoms with Crippen molar-refractivity contribution in [1.82, 2.24) is 9.55 Å². The second-order valence-electron chi connectivity index (χ2n) is 2.35. The van der Waals surface area contributed by atoms with Crippen LogP contribution in [0, 0.1) is 11.3 Å². The minimum absolute atomic E-state index is 0.507. The van der Waals surface area contributed by atoms with Crippen molar-refractivity contribution < 1.29 is 4.74 Å². The highest BCUT2D eigenvalue weighted by atomic mass is 16.5. The van der Waals surface area contributed by atoms with Crippen LogP contribution >= 0.6 is 0 Å². The van der Waals surface area contributed by atoms with Crippen LogP contribution in [0.3, 0.4) is 0 Å². The summed E-state index contributed by atoms with van der Waals surface area (Å²) in [6.07, 6.45) is 2.84. The summed E-state index contributed by atoms with van der Waals surface area (Å²) in [6.45, 7) is 2.80. The molecule has 0 saturated heterocycles. The molecule has 12 heavy (non-hydrogen) atoms. The summed E-state index contributed by atoms with van der Waals surface area (Å²) in [6, 6.07) is 2.05. The largest absolute Gasteiger partial charge is 0.360 e. The third kappa shape index (κ3) is 1.46. The molecule has 0 aromatic carbocycles. The third-order valence-electron chi connectivity index (χ3n) is 1.71. The molecule has 0 aliphatic heterocycles. The number of nitriles is 1. The fourth-order valence-electron chi connectivity index (χ4n) is 1.05. The molecule has 0 spiro atoms. The molecule has 4 heteroatoms. The van der Waals surface area contributed by atoms with Gasteiger partial charge in [-0.25, -0.2) is 4.98 Å². The molecule has 1 heterocycles. The molecule has 1 atom stereocenters. The van der Waals surface area contributed by atoms with E-state index in [0.29, 0.717) is 0 Å². The average molecular weight is 165 g/mol. The molecule has 0 aliphatic carbocycles. The number of aromatic nitrogens is 2. The average Bonchev–Trinajstić information content (AvgIpc) is 2.55. The number of hydrogen-bond donors (Lipinski definition) is 0. The number of nitrogens with zero attached hydrogens (tertiary/aromatic N) is 3. The van der Waals surface area contributed by atoms with Crippen molar-refractivity contribution in [2.45, 2.75) is 19.6 Å².